The van der Waals surface area contributed by atoms with E-state index in [1.807, 2.05) is 0 Å². The number of amides is 2. The molecule has 2 aliphatic rings. The third-order valence-corrected chi connectivity index (χ3v) is 6.71. The number of fused-ring (bicyclic) bond motifs is 3. The Bertz CT molecular complexity index is 1230. The quantitative estimate of drug-likeness (QED) is 0.433. The molecule has 0 radical (unpaired) electrons. The van der Waals surface area contributed by atoms with Crippen LogP contribution in [0, 0.1) is 5.82 Å². The van der Waals surface area contributed by atoms with Gasteiger partial charge in [0.15, 0.2) is 11.5 Å². The van der Waals surface area contributed by atoms with E-state index in [9.17, 15) is 29.0 Å². The first-order valence-corrected chi connectivity index (χ1v) is 11.9. The number of hydrogen-bond acceptors (Lipinski definition) is 7. The summed E-state index contributed by atoms with van der Waals surface area (Å²) in [6.07, 6.45) is 0.326. The first-order chi connectivity index (χ1) is 17.8. The number of nitrogens with one attached hydrogen (secondary N) is 1. The lowest BCUT2D eigenvalue weighted by Crippen LogP contribution is -2.55. The number of hydrogen-bond donors (Lipinski definition) is 3. The van der Waals surface area contributed by atoms with Crippen molar-refractivity contribution in [2.45, 2.75) is 37.5 Å². The minimum absolute atomic E-state index is 0.00217. The van der Waals surface area contributed by atoms with Crippen molar-refractivity contribution < 1.29 is 38.5 Å². The number of halogens is 1. The minimum Gasteiger partial charge on any atom is -0.493 e. The van der Waals surface area contributed by atoms with Gasteiger partial charge in [-0.15, -0.1) is 0 Å². The Labute approximate surface area is 213 Å². The summed E-state index contributed by atoms with van der Waals surface area (Å²) >= 11 is 0. The molecule has 9 nitrogen and oxygen atoms in total. The summed E-state index contributed by atoms with van der Waals surface area (Å²) < 4.78 is 25.2. The Balaban J connectivity index is 1.74. The fraction of sp³-hybridized carbons (Fsp3) is 0.370. The molecule has 1 aliphatic heterocycles. The average molecular weight is 513 g/mol. The highest BCUT2D eigenvalue weighted by Crippen LogP contribution is 2.51. The summed E-state index contributed by atoms with van der Waals surface area (Å²) in [5.74, 6) is -1.40. The summed E-state index contributed by atoms with van der Waals surface area (Å²) in [4.78, 5) is 38.9. The van der Waals surface area contributed by atoms with Gasteiger partial charge in [-0.05, 0) is 42.3 Å². The van der Waals surface area contributed by atoms with Crippen LogP contribution in [0.15, 0.2) is 48.0 Å². The van der Waals surface area contributed by atoms with Crippen LogP contribution in [0.4, 0.5) is 4.39 Å². The predicted octanol–water partition coefficient (Wildman–Crippen LogP) is 1.36. The zero-order valence-electron chi connectivity index (χ0n) is 20.5. The molecule has 2 aromatic carbocycles. The Kier molecular flexibility index (Phi) is 7.89. The van der Waals surface area contributed by atoms with E-state index in [-0.39, 0.29) is 36.9 Å². The molecule has 2 amide bonds. The van der Waals surface area contributed by atoms with Crippen molar-refractivity contribution in [1.29, 1.82) is 0 Å². The summed E-state index contributed by atoms with van der Waals surface area (Å²) in [6.45, 7) is 1.24. The highest BCUT2D eigenvalue weighted by Gasteiger charge is 2.51. The Morgan fingerprint density at radius 1 is 1.27 bits per heavy atom. The van der Waals surface area contributed by atoms with Gasteiger partial charge >= 0.3 is 0 Å². The fourth-order valence-corrected chi connectivity index (χ4v) is 5.02. The zero-order chi connectivity index (χ0) is 26.7. The lowest BCUT2D eigenvalue weighted by atomic mass is 9.77. The Morgan fingerprint density at radius 2 is 2.05 bits per heavy atom. The monoisotopic (exact) mass is 512 g/mol. The number of aliphatic hydroxyl groups is 2. The molecule has 2 aromatic rings. The van der Waals surface area contributed by atoms with Gasteiger partial charge < -0.3 is 29.9 Å². The van der Waals surface area contributed by atoms with Crippen LogP contribution in [0.2, 0.25) is 0 Å². The molecule has 37 heavy (non-hydrogen) atoms. The molecule has 0 bridgehead atoms. The van der Waals surface area contributed by atoms with Crippen molar-refractivity contribution in [3.8, 4) is 11.5 Å². The molecule has 4 atom stereocenters. The van der Waals surface area contributed by atoms with Gasteiger partial charge in [0.1, 0.15) is 24.3 Å². The van der Waals surface area contributed by atoms with Crippen molar-refractivity contribution in [3.63, 3.8) is 0 Å². The van der Waals surface area contributed by atoms with E-state index in [2.05, 4.69) is 5.32 Å². The summed E-state index contributed by atoms with van der Waals surface area (Å²) in [5.41, 5.74) is 1.72. The van der Waals surface area contributed by atoms with E-state index in [1.54, 1.807) is 18.2 Å². The molecule has 0 fully saturated rings. The molecule has 196 valence electrons. The highest BCUT2D eigenvalue weighted by atomic mass is 19.1. The number of carbonyl (C=O) groups is 3. The average Bonchev–Trinajstić information content (AvgIpc) is 3.27. The molecular formula is C27H29FN2O7. The van der Waals surface area contributed by atoms with Gasteiger partial charge in [0.05, 0.1) is 25.7 Å². The topological polar surface area (TPSA) is 125 Å². The SMILES string of the molecule is COc1cc(C=O)cc2c1OC1C2C(C(=O)NCCO)=CC(N(CCc2cccc(F)c2)C(C)=O)C1O. The summed E-state index contributed by atoms with van der Waals surface area (Å²) in [6, 6.07) is 8.20. The third-order valence-electron chi connectivity index (χ3n) is 6.71. The number of benzene rings is 2. The summed E-state index contributed by atoms with van der Waals surface area (Å²) in [5, 5.41) is 23.3. The van der Waals surface area contributed by atoms with E-state index in [4.69, 9.17) is 9.47 Å². The maximum atomic E-state index is 13.7. The van der Waals surface area contributed by atoms with Gasteiger partial charge in [0.25, 0.3) is 0 Å². The highest BCUT2D eigenvalue weighted by molar-refractivity contribution is 5.96. The second kappa shape index (κ2) is 11.1. The van der Waals surface area contributed by atoms with Gasteiger partial charge in [0.2, 0.25) is 11.8 Å². The van der Waals surface area contributed by atoms with Crippen LogP contribution < -0.4 is 14.8 Å². The Hall–Kier alpha value is -3.76. The van der Waals surface area contributed by atoms with Crippen LogP contribution >= 0.6 is 0 Å². The van der Waals surface area contributed by atoms with Gasteiger partial charge in [-0.3, -0.25) is 14.4 Å². The zero-order valence-corrected chi connectivity index (χ0v) is 20.5. The largest absolute Gasteiger partial charge is 0.493 e. The van der Waals surface area contributed by atoms with Gasteiger partial charge in [0, 0.05) is 36.7 Å². The molecule has 4 rings (SSSR count). The molecule has 0 aromatic heterocycles. The van der Waals surface area contributed by atoms with Crippen LogP contribution in [-0.4, -0.2) is 78.3 Å². The van der Waals surface area contributed by atoms with Crippen LogP contribution in [-0.2, 0) is 16.0 Å². The second-order valence-electron chi connectivity index (χ2n) is 8.99. The van der Waals surface area contributed by atoms with Gasteiger partial charge in [-0.2, -0.15) is 0 Å². The molecule has 0 saturated heterocycles. The number of carbonyl (C=O) groups excluding carboxylic acids is 3. The first-order valence-electron chi connectivity index (χ1n) is 11.9. The van der Waals surface area contributed by atoms with Crippen molar-refractivity contribution in [3.05, 3.63) is 70.6 Å². The molecule has 0 saturated carbocycles. The minimum atomic E-state index is -1.23. The van der Waals surface area contributed by atoms with E-state index in [0.29, 0.717) is 35.1 Å². The number of methoxy groups -OCH3 is 1. The molecule has 3 N–H and O–H groups in total. The van der Waals surface area contributed by atoms with E-state index in [1.165, 1.54) is 43.2 Å². The Morgan fingerprint density at radius 3 is 2.70 bits per heavy atom. The van der Waals surface area contributed by atoms with Gasteiger partial charge in [-0.1, -0.05) is 12.1 Å². The molecule has 4 unspecified atom stereocenters. The third kappa shape index (κ3) is 5.21. The lowest BCUT2D eigenvalue weighted by Gasteiger charge is -2.40. The number of aliphatic hydroxyl groups excluding tert-OH is 2. The van der Waals surface area contributed by atoms with E-state index >= 15 is 0 Å². The maximum Gasteiger partial charge on any atom is 0.247 e. The summed E-state index contributed by atoms with van der Waals surface area (Å²) in [7, 11) is 1.42. The predicted molar refractivity (Wildman–Crippen MR) is 131 cm³/mol. The molecule has 1 aliphatic carbocycles. The van der Waals surface area contributed by atoms with E-state index in [0.717, 1.165) is 0 Å². The molecule has 10 heteroatoms. The van der Waals surface area contributed by atoms with Crippen LogP contribution in [0.1, 0.15) is 34.3 Å². The molecular weight excluding hydrogens is 483 g/mol. The van der Waals surface area contributed by atoms with Crippen LogP contribution in [0.25, 0.3) is 0 Å². The normalized spacial score (nSPS) is 21.7. The number of ether oxygens (including phenoxy) is 2. The number of aldehydes is 1. The maximum absolute atomic E-state index is 13.7. The first kappa shape index (κ1) is 26.3. The van der Waals surface area contributed by atoms with Crippen molar-refractivity contribution in [2.75, 3.05) is 26.8 Å². The second-order valence-corrected chi connectivity index (χ2v) is 8.99. The number of nitrogens with zero attached hydrogens (tertiary/aromatic N) is 1. The molecule has 1 heterocycles. The van der Waals surface area contributed by atoms with Crippen LogP contribution in [0.3, 0.4) is 0 Å². The van der Waals surface area contributed by atoms with Crippen molar-refractivity contribution in [1.82, 2.24) is 10.2 Å². The van der Waals surface area contributed by atoms with Crippen molar-refractivity contribution >= 4 is 18.1 Å². The van der Waals surface area contributed by atoms with Crippen molar-refractivity contribution in [2.24, 2.45) is 0 Å². The number of rotatable bonds is 9. The van der Waals surface area contributed by atoms with Gasteiger partial charge in [-0.25, -0.2) is 4.39 Å². The van der Waals surface area contributed by atoms with Crippen LogP contribution in [0.5, 0.6) is 11.5 Å². The smallest absolute Gasteiger partial charge is 0.247 e. The standard InChI is InChI=1S/C27H29FN2O7/c1-15(33)30(8-6-16-4-3-5-18(28)10-16)21-13-20(27(35)29-7-9-31)23-19-11-17(14-32)12-22(36-2)25(19)37-26(23)24(21)34/h3-5,10-14,21,23-24,26,31,34H,6-9H2,1-2H3,(H,29,35). The fourth-order valence-electron chi connectivity index (χ4n) is 5.02. The van der Waals surface area contributed by atoms with E-state index < -0.39 is 35.9 Å². The molecule has 0 spiro atoms. The lowest BCUT2D eigenvalue weighted by molar-refractivity contribution is -0.134.